The van der Waals surface area contributed by atoms with E-state index in [1.807, 2.05) is 77.1 Å². The lowest BCUT2D eigenvalue weighted by Gasteiger charge is -2.09. The molecular formula is C58H121NO5. The fourth-order valence-corrected chi connectivity index (χ4v) is 1.76. The monoisotopic (exact) mass is 912 g/mol. The van der Waals surface area contributed by atoms with Crippen LogP contribution in [-0.4, -0.2) is 68.3 Å². The Hall–Kier alpha value is -4.59. The molecule has 0 amide bonds. The molecule has 0 aliphatic carbocycles. The number of Topliss-reactive ketones (excluding diaryl/α,β-unsaturated/α-hetero) is 1. The van der Waals surface area contributed by atoms with Gasteiger partial charge in [-0.05, 0) is 91.8 Å². The minimum absolute atomic E-state index is 0. The Bertz CT molecular complexity index is 982. The van der Waals surface area contributed by atoms with Crippen LogP contribution in [0.1, 0.15) is 163 Å². The van der Waals surface area contributed by atoms with Gasteiger partial charge >= 0.3 is 0 Å². The highest BCUT2D eigenvalue weighted by molar-refractivity contribution is 5.92. The van der Waals surface area contributed by atoms with Crippen LogP contribution in [0.25, 0.3) is 0 Å². The van der Waals surface area contributed by atoms with Crippen LogP contribution < -0.4 is 0 Å². The number of carbonyl (C=O) groups is 3. The second kappa shape index (κ2) is 138. The lowest BCUT2D eigenvalue weighted by molar-refractivity contribution is -0.113. The van der Waals surface area contributed by atoms with Gasteiger partial charge in [-0.3, -0.25) is 19.3 Å². The van der Waals surface area contributed by atoms with Gasteiger partial charge in [-0.15, -0.1) is 51.7 Å². The molecule has 1 unspecified atom stereocenters. The summed E-state index contributed by atoms with van der Waals surface area (Å²) in [5, 5.41) is 0. The number of ether oxygens (including phenoxy) is 2. The average molecular weight is 913 g/mol. The van der Waals surface area contributed by atoms with Crippen LogP contribution in [-0.2, 0) is 23.9 Å². The average Bonchev–Trinajstić information content (AvgIpc) is 3.89. The van der Waals surface area contributed by atoms with Crippen molar-refractivity contribution in [3.63, 3.8) is 0 Å². The number of terminal acetylenes is 2. The first-order valence-electron chi connectivity index (χ1n) is 18.0. The van der Waals surface area contributed by atoms with Gasteiger partial charge < -0.3 is 9.47 Å². The van der Waals surface area contributed by atoms with E-state index in [-0.39, 0.29) is 91.6 Å². The van der Waals surface area contributed by atoms with Crippen LogP contribution in [0.2, 0.25) is 0 Å². The molecule has 1 atom stereocenters. The Kier molecular flexibility index (Phi) is 267. The topological polar surface area (TPSA) is 76.2 Å². The quantitative estimate of drug-likeness (QED) is 0.0485. The van der Waals surface area contributed by atoms with Gasteiger partial charge in [0.05, 0.1) is 12.7 Å². The van der Waals surface area contributed by atoms with Crippen LogP contribution in [0.3, 0.4) is 0 Å². The zero-order valence-electron chi connectivity index (χ0n) is 36.5. The second-order valence-corrected chi connectivity index (χ2v) is 10.2. The van der Waals surface area contributed by atoms with Gasteiger partial charge in [-0.1, -0.05) is 176 Å². The molecule has 0 aromatic carbocycles. The largest absolute Gasteiger partial charge is 0.381 e. The van der Waals surface area contributed by atoms with Gasteiger partial charge in [0, 0.05) is 33.2 Å². The number of rotatable bonds is 12. The van der Waals surface area contributed by atoms with Crippen LogP contribution in [0.4, 0.5) is 0 Å². The number of hydrogen-bond donors (Lipinski definition) is 0. The van der Waals surface area contributed by atoms with Crippen LogP contribution in [0.5, 0.6) is 0 Å². The van der Waals surface area contributed by atoms with Crippen molar-refractivity contribution in [1.29, 1.82) is 0 Å². The summed E-state index contributed by atoms with van der Waals surface area (Å²) < 4.78 is 9.43. The molecule has 388 valence electrons. The maximum atomic E-state index is 10.1. The van der Waals surface area contributed by atoms with Crippen LogP contribution in [0, 0.1) is 30.6 Å². The Labute approximate surface area is 409 Å². The third-order valence-electron chi connectivity index (χ3n) is 4.38. The molecular weight excluding hydrogens is 791 g/mol. The first-order chi connectivity index (χ1) is 25.6. The van der Waals surface area contributed by atoms with E-state index in [1.54, 1.807) is 31.2 Å². The molecule has 0 N–H and O–H groups in total. The van der Waals surface area contributed by atoms with Crippen molar-refractivity contribution >= 4 is 17.3 Å². The summed E-state index contributed by atoms with van der Waals surface area (Å²) in [7, 11) is 2.03. The highest BCUT2D eigenvalue weighted by Crippen LogP contribution is 2.06. The van der Waals surface area contributed by atoms with Crippen molar-refractivity contribution in [2.75, 3.05) is 40.0 Å². The van der Waals surface area contributed by atoms with Crippen molar-refractivity contribution < 1.29 is 23.9 Å². The van der Waals surface area contributed by atoms with E-state index >= 15 is 0 Å². The summed E-state index contributed by atoms with van der Waals surface area (Å²) in [5.74, 6) is 4.72. The van der Waals surface area contributed by atoms with Crippen molar-refractivity contribution in [2.24, 2.45) is 5.92 Å². The van der Waals surface area contributed by atoms with Gasteiger partial charge in [0.25, 0.3) is 0 Å². The Morgan fingerprint density at radius 3 is 1.03 bits per heavy atom. The normalized spacial score (nSPS) is 9.39. The fourth-order valence-electron chi connectivity index (χ4n) is 1.76. The van der Waals surface area contributed by atoms with E-state index in [9.17, 15) is 14.4 Å². The van der Waals surface area contributed by atoms with E-state index in [0.717, 1.165) is 51.7 Å². The van der Waals surface area contributed by atoms with E-state index < -0.39 is 0 Å². The molecule has 2 rings (SSSR count). The molecule has 2 saturated heterocycles. The smallest absolute Gasteiger partial charge is 0.202 e. The third-order valence-corrected chi connectivity index (χ3v) is 4.38. The SMILES string of the molecule is C.C.C.C.C.C.C.C.C.C.C#CC.C#CC(C)=O.C1COC1.C=CC.C=CC(C)=O.C=CC=CC.C=CC=CC(C)=O.C=CCC(C)CC=C.C=CCN(C)CC=C.CC.CC1CO1. The molecule has 64 heavy (non-hydrogen) atoms. The van der Waals surface area contributed by atoms with Crippen molar-refractivity contribution in [2.45, 2.75) is 169 Å². The van der Waals surface area contributed by atoms with Gasteiger partial charge in [0.1, 0.15) is 0 Å². The first kappa shape index (κ1) is 124. The summed E-state index contributed by atoms with van der Waals surface area (Å²) in [6.07, 6.45) is 34.2. The molecule has 2 aliphatic rings. The Morgan fingerprint density at radius 1 is 0.703 bits per heavy atom. The number of hydrogen-bond acceptors (Lipinski definition) is 6. The van der Waals surface area contributed by atoms with Crippen LogP contribution >= 0.6 is 0 Å². The number of nitrogens with zero attached hydrogens (tertiary/aromatic N) is 1. The summed E-state index contributed by atoms with van der Waals surface area (Å²) >= 11 is 0. The Morgan fingerprint density at radius 2 is 0.953 bits per heavy atom. The first-order valence-corrected chi connectivity index (χ1v) is 18.0. The molecule has 0 bridgehead atoms. The Balaban J connectivity index is -0.0000000205. The van der Waals surface area contributed by atoms with Gasteiger partial charge in [-0.2, -0.15) is 0 Å². The summed E-state index contributed by atoms with van der Waals surface area (Å²) in [6.45, 7) is 50.9. The molecule has 6 heteroatoms. The minimum atomic E-state index is -0.218. The van der Waals surface area contributed by atoms with E-state index in [2.05, 4.69) is 90.1 Å². The van der Waals surface area contributed by atoms with Gasteiger partial charge in [0.2, 0.25) is 5.78 Å². The number of likely N-dealkylation sites (N-methyl/N-ethyl adjacent to an activating group) is 1. The fraction of sp³-hybridized carbons (Fsp3) is 0.534. The maximum absolute atomic E-state index is 10.1. The molecule has 2 aliphatic heterocycles. The van der Waals surface area contributed by atoms with Gasteiger partial charge in [-0.25, -0.2) is 0 Å². The third kappa shape index (κ3) is 307. The predicted molar refractivity (Wildman–Crippen MR) is 312 cm³/mol. The summed E-state index contributed by atoms with van der Waals surface area (Å²) in [4.78, 5) is 31.5. The van der Waals surface area contributed by atoms with E-state index in [4.69, 9.17) is 9.47 Å². The minimum Gasteiger partial charge on any atom is -0.381 e. The highest BCUT2D eigenvalue weighted by atomic mass is 16.6. The highest BCUT2D eigenvalue weighted by Gasteiger charge is 2.13. The van der Waals surface area contributed by atoms with E-state index in [0.29, 0.717) is 6.10 Å². The summed E-state index contributed by atoms with van der Waals surface area (Å²) in [5.41, 5.74) is 0. The zero-order valence-corrected chi connectivity index (χ0v) is 36.5. The maximum Gasteiger partial charge on any atom is 0.202 e. The van der Waals surface area contributed by atoms with Crippen molar-refractivity contribution in [3.05, 3.63) is 126 Å². The van der Waals surface area contributed by atoms with Gasteiger partial charge in [0.15, 0.2) is 11.6 Å². The van der Waals surface area contributed by atoms with Crippen molar-refractivity contribution in [3.8, 4) is 24.7 Å². The molecule has 0 spiro atoms. The van der Waals surface area contributed by atoms with Crippen molar-refractivity contribution in [1.82, 2.24) is 4.90 Å². The summed E-state index contributed by atoms with van der Waals surface area (Å²) in [6, 6.07) is 0. The molecule has 0 aromatic rings. The molecule has 2 fully saturated rings. The number of allylic oxidation sites excluding steroid dienone is 10. The van der Waals surface area contributed by atoms with E-state index in [1.165, 1.54) is 39.3 Å². The van der Waals surface area contributed by atoms with Crippen LogP contribution in [0.15, 0.2) is 126 Å². The number of ketones is 3. The standard InChI is InChI=1S/C8H14.C7H13N.C6H8O.C5H8.C4H6O.C4H4O.2C3H6O.C3H6.C3H4.C2H6.10CH4/c2*1-4-6-8(3)7-5-2;1-3-4-5-6(2)7;1-3-5-4-2;2*1-3-4(2)5;1-3-2-4-3;1-2-4-3-1;2*1-3-2;1-2;;;;;;;;;;/h4-5,8H,1-2,6-7H2,3H3;4-5H,1-2,6-7H2,3H3;3-5H,1H2,2H3;3-5H,1H2,2H3;3H,1H2,2H3;1H,2H3;3H,2H2,1H3;1-3H2;3H,1H2,2H3;1H,2H3;1-2H3;10*1H4. The molecule has 6 nitrogen and oxygen atoms in total. The molecule has 0 saturated carbocycles. The predicted octanol–water partition coefficient (Wildman–Crippen LogP) is 18.1. The lowest BCUT2D eigenvalue weighted by atomic mass is 10.0. The number of carbonyl (C=O) groups excluding carboxylic acids is 3. The second-order valence-electron chi connectivity index (χ2n) is 10.2. The number of epoxide rings is 1. The molecule has 0 aromatic heterocycles. The lowest BCUT2D eigenvalue weighted by Crippen LogP contribution is -2.17. The molecule has 0 radical (unpaired) electrons. The zero-order chi connectivity index (χ0) is 44.4. The molecule has 2 heterocycles.